The van der Waals surface area contributed by atoms with Gasteiger partial charge in [0.15, 0.2) is 4.96 Å². The number of aromatic nitrogens is 2. The fraction of sp³-hybridized carbons (Fsp3) is 0.0625. The zero-order valence-electron chi connectivity index (χ0n) is 10.8. The molecule has 0 amide bonds. The van der Waals surface area contributed by atoms with Gasteiger partial charge >= 0.3 is 0 Å². The molecule has 0 N–H and O–H groups in total. The van der Waals surface area contributed by atoms with Crippen LogP contribution in [-0.2, 0) is 0 Å². The van der Waals surface area contributed by atoms with E-state index >= 15 is 0 Å². The first-order valence-electron chi connectivity index (χ1n) is 6.35. The lowest BCUT2D eigenvalue weighted by Gasteiger charge is -1.96. The Morgan fingerprint density at radius 3 is 2.70 bits per heavy atom. The number of halogens is 1. The summed E-state index contributed by atoms with van der Waals surface area (Å²) in [6, 6.07) is 12.8. The molecular weight excluding hydrogens is 271 g/mol. The van der Waals surface area contributed by atoms with Crippen LogP contribution in [0.15, 0.2) is 48.7 Å². The van der Waals surface area contributed by atoms with E-state index in [1.165, 1.54) is 22.4 Å². The normalized spacial score (nSPS) is 11.5. The van der Waals surface area contributed by atoms with Crippen molar-refractivity contribution in [2.45, 2.75) is 6.92 Å². The van der Waals surface area contributed by atoms with Gasteiger partial charge in [-0.05, 0) is 48.9 Å². The highest BCUT2D eigenvalue weighted by molar-refractivity contribution is 7.23. The smallest absolute Gasteiger partial charge is 0.195 e. The van der Waals surface area contributed by atoms with Crippen LogP contribution in [-0.4, -0.2) is 9.38 Å². The van der Waals surface area contributed by atoms with Gasteiger partial charge in [0.25, 0.3) is 0 Å². The highest BCUT2D eigenvalue weighted by atomic mass is 32.1. The monoisotopic (exact) mass is 282 g/mol. The van der Waals surface area contributed by atoms with E-state index in [-0.39, 0.29) is 5.82 Å². The maximum absolute atomic E-state index is 13.0. The lowest BCUT2D eigenvalue weighted by Crippen LogP contribution is -1.79. The maximum atomic E-state index is 13.0. The Kier molecular flexibility index (Phi) is 2.41. The minimum Gasteiger partial charge on any atom is -0.290 e. The van der Waals surface area contributed by atoms with Crippen LogP contribution in [0.2, 0.25) is 0 Å². The molecule has 0 fully saturated rings. The molecule has 0 bridgehead atoms. The van der Waals surface area contributed by atoms with Crippen molar-refractivity contribution in [3.05, 3.63) is 60.0 Å². The van der Waals surface area contributed by atoms with Gasteiger partial charge in [0, 0.05) is 11.8 Å². The van der Waals surface area contributed by atoms with Gasteiger partial charge in [-0.2, -0.15) is 0 Å². The van der Waals surface area contributed by atoms with Crippen molar-refractivity contribution in [3.8, 4) is 11.3 Å². The third kappa shape index (κ3) is 1.72. The molecule has 0 unspecified atom stereocenters. The Morgan fingerprint density at radius 1 is 1.10 bits per heavy atom. The van der Waals surface area contributed by atoms with E-state index in [1.807, 2.05) is 6.20 Å². The first kappa shape index (κ1) is 11.6. The van der Waals surface area contributed by atoms with E-state index in [1.54, 1.807) is 23.5 Å². The molecule has 20 heavy (non-hydrogen) atoms. The molecular formula is C16H11FN2S. The second-order valence-corrected chi connectivity index (χ2v) is 5.87. The standard InChI is InChI=1S/C16H11FN2S/c1-10-2-7-14-15(8-10)20-16-18-13(9-19(14)16)11-3-5-12(17)6-4-11/h2-9H,1H3. The van der Waals surface area contributed by atoms with Crippen molar-refractivity contribution in [1.29, 1.82) is 0 Å². The van der Waals surface area contributed by atoms with Gasteiger partial charge in [-0.1, -0.05) is 17.4 Å². The largest absolute Gasteiger partial charge is 0.290 e. The van der Waals surface area contributed by atoms with Crippen LogP contribution >= 0.6 is 11.3 Å². The fourth-order valence-electron chi connectivity index (χ4n) is 2.37. The molecule has 0 saturated heterocycles. The summed E-state index contributed by atoms with van der Waals surface area (Å²) in [6.07, 6.45) is 2.01. The number of imidazole rings is 1. The van der Waals surface area contributed by atoms with Gasteiger partial charge in [0.2, 0.25) is 0 Å². The van der Waals surface area contributed by atoms with Gasteiger partial charge < -0.3 is 0 Å². The van der Waals surface area contributed by atoms with Crippen LogP contribution < -0.4 is 0 Å². The van der Waals surface area contributed by atoms with E-state index in [0.29, 0.717) is 0 Å². The van der Waals surface area contributed by atoms with Crippen molar-refractivity contribution < 1.29 is 4.39 Å². The average molecular weight is 282 g/mol. The molecule has 0 saturated carbocycles. The number of hydrogen-bond acceptors (Lipinski definition) is 2. The number of nitrogens with zero attached hydrogens (tertiary/aromatic N) is 2. The molecule has 0 spiro atoms. The van der Waals surface area contributed by atoms with Crippen molar-refractivity contribution in [1.82, 2.24) is 9.38 Å². The van der Waals surface area contributed by atoms with E-state index in [9.17, 15) is 4.39 Å². The molecule has 0 atom stereocenters. The van der Waals surface area contributed by atoms with E-state index in [0.717, 1.165) is 21.7 Å². The first-order chi connectivity index (χ1) is 9.70. The summed E-state index contributed by atoms with van der Waals surface area (Å²) >= 11 is 1.67. The third-order valence-electron chi connectivity index (χ3n) is 3.39. The predicted octanol–water partition coefficient (Wildman–Crippen LogP) is 4.66. The molecule has 2 aromatic carbocycles. The van der Waals surface area contributed by atoms with Crippen LogP contribution in [0, 0.1) is 12.7 Å². The molecule has 0 aliphatic rings. The fourth-order valence-corrected chi connectivity index (χ4v) is 3.47. The number of rotatable bonds is 1. The molecule has 4 heteroatoms. The summed E-state index contributed by atoms with van der Waals surface area (Å²) in [5, 5.41) is 0. The molecule has 4 rings (SSSR count). The number of fused-ring (bicyclic) bond motifs is 3. The summed E-state index contributed by atoms with van der Waals surface area (Å²) in [5.41, 5.74) is 4.22. The van der Waals surface area contributed by atoms with Gasteiger partial charge in [-0.25, -0.2) is 9.37 Å². The maximum Gasteiger partial charge on any atom is 0.195 e. The Hall–Kier alpha value is -2.20. The van der Waals surface area contributed by atoms with Crippen molar-refractivity contribution in [2.75, 3.05) is 0 Å². The highest BCUT2D eigenvalue weighted by Crippen LogP contribution is 2.29. The quantitative estimate of drug-likeness (QED) is 0.496. The second-order valence-electron chi connectivity index (χ2n) is 4.86. The third-order valence-corrected chi connectivity index (χ3v) is 4.41. The SMILES string of the molecule is Cc1ccc2c(c1)sc1nc(-c3ccc(F)cc3)cn12. The molecule has 2 heterocycles. The molecule has 2 nitrogen and oxygen atoms in total. The van der Waals surface area contributed by atoms with E-state index in [2.05, 4.69) is 34.5 Å². The van der Waals surface area contributed by atoms with Crippen molar-refractivity contribution in [3.63, 3.8) is 0 Å². The summed E-state index contributed by atoms with van der Waals surface area (Å²) in [5.74, 6) is -0.226. The lowest BCUT2D eigenvalue weighted by atomic mass is 10.2. The summed E-state index contributed by atoms with van der Waals surface area (Å²) < 4.78 is 16.3. The van der Waals surface area contributed by atoms with Crippen LogP contribution in [0.4, 0.5) is 4.39 Å². The van der Waals surface area contributed by atoms with Gasteiger partial charge in [0.1, 0.15) is 5.82 Å². The van der Waals surface area contributed by atoms with Crippen LogP contribution in [0.1, 0.15) is 5.56 Å². The number of thiazole rings is 1. The molecule has 0 aliphatic carbocycles. The van der Waals surface area contributed by atoms with Gasteiger partial charge in [-0.3, -0.25) is 4.40 Å². The minimum atomic E-state index is -0.226. The number of benzene rings is 2. The molecule has 98 valence electrons. The van der Waals surface area contributed by atoms with Crippen LogP contribution in [0.5, 0.6) is 0 Å². The summed E-state index contributed by atoms with van der Waals surface area (Å²) in [4.78, 5) is 5.60. The molecule has 4 aromatic rings. The average Bonchev–Trinajstić information content (AvgIpc) is 2.96. The molecule has 0 aliphatic heterocycles. The van der Waals surface area contributed by atoms with Crippen molar-refractivity contribution >= 4 is 26.5 Å². The van der Waals surface area contributed by atoms with Crippen LogP contribution in [0.3, 0.4) is 0 Å². The van der Waals surface area contributed by atoms with Gasteiger partial charge in [-0.15, -0.1) is 0 Å². The second kappa shape index (κ2) is 4.15. The minimum absolute atomic E-state index is 0.226. The summed E-state index contributed by atoms with van der Waals surface area (Å²) in [7, 11) is 0. The first-order valence-corrected chi connectivity index (χ1v) is 7.16. The van der Waals surface area contributed by atoms with E-state index < -0.39 is 0 Å². The number of hydrogen-bond donors (Lipinski definition) is 0. The van der Waals surface area contributed by atoms with E-state index in [4.69, 9.17) is 0 Å². The van der Waals surface area contributed by atoms with Crippen molar-refractivity contribution in [2.24, 2.45) is 0 Å². The topological polar surface area (TPSA) is 17.3 Å². The zero-order valence-corrected chi connectivity index (χ0v) is 11.6. The summed E-state index contributed by atoms with van der Waals surface area (Å²) in [6.45, 7) is 2.09. The number of aryl methyl sites for hydroxylation is 1. The Bertz CT molecular complexity index is 919. The Morgan fingerprint density at radius 2 is 1.90 bits per heavy atom. The van der Waals surface area contributed by atoms with Gasteiger partial charge in [0.05, 0.1) is 15.9 Å². The Labute approximate surface area is 119 Å². The predicted molar refractivity (Wildman–Crippen MR) is 80.7 cm³/mol. The molecule has 0 radical (unpaired) electrons. The lowest BCUT2D eigenvalue weighted by molar-refractivity contribution is 0.628. The Balaban J connectivity index is 1.93. The molecule has 2 aromatic heterocycles. The van der Waals surface area contributed by atoms with Crippen LogP contribution in [0.25, 0.3) is 26.4 Å². The zero-order chi connectivity index (χ0) is 13.7. The highest BCUT2D eigenvalue weighted by Gasteiger charge is 2.10.